The summed E-state index contributed by atoms with van der Waals surface area (Å²) in [7, 11) is 1.51. The Hall–Kier alpha value is -2.24. The van der Waals surface area contributed by atoms with E-state index in [1.54, 1.807) is 12.1 Å². The summed E-state index contributed by atoms with van der Waals surface area (Å²) in [5.41, 5.74) is 7.79. The van der Waals surface area contributed by atoms with Gasteiger partial charge in [-0.2, -0.15) is 0 Å². The van der Waals surface area contributed by atoms with E-state index >= 15 is 0 Å². The lowest BCUT2D eigenvalue weighted by Gasteiger charge is -2.26. The highest BCUT2D eigenvalue weighted by atomic mass is 35.5. The van der Waals surface area contributed by atoms with Crippen molar-refractivity contribution in [1.82, 2.24) is 10.6 Å². The average Bonchev–Trinajstić information content (AvgIpc) is 3.10. The van der Waals surface area contributed by atoms with Gasteiger partial charge >= 0.3 is 0 Å². The zero-order chi connectivity index (χ0) is 19.4. The molecule has 27 heavy (non-hydrogen) atoms. The third-order valence-electron chi connectivity index (χ3n) is 5.07. The Morgan fingerprint density at radius 3 is 2.70 bits per heavy atom. The molecule has 0 aliphatic carbocycles. The lowest BCUT2D eigenvalue weighted by atomic mass is 9.97. The van der Waals surface area contributed by atoms with E-state index in [-0.39, 0.29) is 18.0 Å². The molecule has 3 unspecified atom stereocenters. The third kappa shape index (κ3) is 4.73. The van der Waals surface area contributed by atoms with E-state index in [1.807, 2.05) is 18.2 Å². The van der Waals surface area contributed by atoms with Gasteiger partial charge in [-0.3, -0.25) is 4.79 Å². The number of benzene rings is 2. The van der Waals surface area contributed by atoms with Crippen molar-refractivity contribution in [2.24, 2.45) is 0 Å². The lowest BCUT2D eigenvalue weighted by molar-refractivity contribution is 0.0925. The van der Waals surface area contributed by atoms with Crippen LogP contribution in [0.1, 0.15) is 35.7 Å². The number of carbonyl (C=O) groups is 1. The normalized spacial score (nSPS) is 20.3. The predicted molar refractivity (Wildman–Crippen MR) is 109 cm³/mol. The Labute approximate surface area is 165 Å². The number of anilines is 1. The molecule has 4 N–H and O–H groups in total. The summed E-state index contributed by atoms with van der Waals surface area (Å²) in [6, 6.07) is 14.0. The van der Waals surface area contributed by atoms with Crippen molar-refractivity contribution in [3.05, 3.63) is 58.6 Å². The average molecular weight is 388 g/mol. The first-order valence-corrected chi connectivity index (χ1v) is 9.59. The molecule has 0 aromatic heterocycles. The van der Waals surface area contributed by atoms with Gasteiger partial charge in [-0.1, -0.05) is 41.9 Å². The topological polar surface area (TPSA) is 76.4 Å². The Bertz CT molecular complexity index is 798. The van der Waals surface area contributed by atoms with E-state index in [0.29, 0.717) is 28.1 Å². The molecule has 1 saturated heterocycles. The predicted octanol–water partition coefficient (Wildman–Crippen LogP) is 3.41. The van der Waals surface area contributed by atoms with Crippen molar-refractivity contribution < 1.29 is 9.53 Å². The minimum Gasteiger partial charge on any atom is -0.496 e. The summed E-state index contributed by atoms with van der Waals surface area (Å²) in [4.78, 5) is 13.0. The summed E-state index contributed by atoms with van der Waals surface area (Å²) in [6.45, 7) is 2.17. The number of rotatable bonds is 6. The number of halogens is 1. The lowest BCUT2D eigenvalue weighted by Crippen LogP contribution is -2.49. The number of nitrogens with two attached hydrogens (primary N) is 1. The monoisotopic (exact) mass is 387 g/mol. The zero-order valence-corrected chi connectivity index (χ0v) is 16.4. The van der Waals surface area contributed by atoms with Gasteiger partial charge in [-0.25, -0.2) is 0 Å². The van der Waals surface area contributed by atoms with Crippen LogP contribution in [0.5, 0.6) is 5.75 Å². The van der Waals surface area contributed by atoms with Gasteiger partial charge in [0, 0.05) is 24.2 Å². The molecule has 1 aliphatic heterocycles. The largest absolute Gasteiger partial charge is 0.496 e. The van der Waals surface area contributed by atoms with Gasteiger partial charge in [0.15, 0.2) is 0 Å². The smallest absolute Gasteiger partial charge is 0.255 e. The maximum absolute atomic E-state index is 13.0. The van der Waals surface area contributed by atoms with Crippen LogP contribution in [0.3, 0.4) is 0 Å². The van der Waals surface area contributed by atoms with Crippen LogP contribution < -0.4 is 21.1 Å². The molecule has 0 saturated carbocycles. The number of hydrogen-bond donors (Lipinski definition) is 3. The molecule has 0 spiro atoms. The van der Waals surface area contributed by atoms with Crippen molar-refractivity contribution in [3.63, 3.8) is 0 Å². The second-order valence-electron chi connectivity index (χ2n) is 7.10. The summed E-state index contributed by atoms with van der Waals surface area (Å²) in [6.07, 6.45) is 2.88. The van der Waals surface area contributed by atoms with E-state index in [4.69, 9.17) is 22.1 Å². The summed E-state index contributed by atoms with van der Waals surface area (Å²) < 4.78 is 5.33. The van der Waals surface area contributed by atoms with E-state index < -0.39 is 0 Å². The molecule has 5 nitrogen and oxygen atoms in total. The molecule has 1 heterocycles. The molecule has 1 fully saturated rings. The fraction of sp³-hybridized carbons (Fsp3) is 0.381. The van der Waals surface area contributed by atoms with Crippen LogP contribution in [0, 0.1) is 0 Å². The molecule has 144 valence electrons. The van der Waals surface area contributed by atoms with Crippen LogP contribution in [0.25, 0.3) is 0 Å². The quantitative estimate of drug-likeness (QED) is 0.664. The molecule has 2 aromatic rings. The molecule has 2 aromatic carbocycles. The maximum atomic E-state index is 13.0. The first kappa shape index (κ1) is 19.5. The highest BCUT2D eigenvalue weighted by Crippen LogP contribution is 2.29. The third-order valence-corrected chi connectivity index (χ3v) is 5.40. The minimum absolute atomic E-state index is 0.0362. The number of carbonyl (C=O) groups excluding carboxylic acids is 1. The SMILES string of the molecule is COc1cc(N)c(Cl)cc1C(=O)NC(Cc1ccccc1)C1CCC(C)N1. The van der Waals surface area contributed by atoms with Crippen LogP contribution >= 0.6 is 11.6 Å². The number of methoxy groups -OCH3 is 1. The van der Waals surface area contributed by atoms with Gasteiger partial charge in [0.25, 0.3) is 5.91 Å². The number of amides is 1. The van der Waals surface area contributed by atoms with Crippen LogP contribution in [-0.4, -0.2) is 31.1 Å². The molecule has 6 heteroatoms. The Morgan fingerprint density at radius 1 is 1.33 bits per heavy atom. The van der Waals surface area contributed by atoms with Crippen molar-refractivity contribution in [2.45, 2.75) is 44.3 Å². The van der Waals surface area contributed by atoms with Crippen molar-refractivity contribution in [3.8, 4) is 5.75 Å². The Morgan fingerprint density at radius 2 is 2.07 bits per heavy atom. The van der Waals surface area contributed by atoms with Crippen molar-refractivity contribution >= 4 is 23.2 Å². The van der Waals surface area contributed by atoms with Gasteiger partial charge in [-0.15, -0.1) is 0 Å². The van der Waals surface area contributed by atoms with E-state index in [0.717, 1.165) is 19.3 Å². The minimum atomic E-state index is -0.212. The number of ether oxygens (including phenoxy) is 1. The van der Waals surface area contributed by atoms with Gasteiger partial charge in [0.2, 0.25) is 0 Å². The Kier molecular flexibility index (Phi) is 6.24. The number of nitrogen functional groups attached to an aromatic ring is 1. The van der Waals surface area contributed by atoms with E-state index in [2.05, 4.69) is 29.7 Å². The van der Waals surface area contributed by atoms with Crippen LogP contribution in [0.15, 0.2) is 42.5 Å². The van der Waals surface area contributed by atoms with E-state index in [9.17, 15) is 4.79 Å². The van der Waals surface area contributed by atoms with Crippen molar-refractivity contribution in [2.75, 3.05) is 12.8 Å². The van der Waals surface area contributed by atoms with Gasteiger partial charge < -0.3 is 21.1 Å². The summed E-state index contributed by atoms with van der Waals surface area (Å²) in [5, 5.41) is 7.11. The zero-order valence-electron chi connectivity index (χ0n) is 15.7. The van der Waals surface area contributed by atoms with Gasteiger partial charge in [-0.05, 0) is 37.8 Å². The van der Waals surface area contributed by atoms with Crippen LogP contribution in [-0.2, 0) is 6.42 Å². The highest BCUT2D eigenvalue weighted by molar-refractivity contribution is 6.33. The fourth-order valence-electron chi connectivity index (χ4n) is 3.60. The molecule has 3 rings (SSSR count). The number of nitrogens with one attached hydrogen (secondary N) is 2. The molecule has 0 bridgehead atoms. The van der Waals surface area contributed by atoms with Crippen LogP contribution in [0.4, 0.5) is 5.69 Å². The standard InChI is InChI=1S/C21H26ClN3O2/c1-13-8-9-18(24-13)19(10-14-6-4-3-5-7-14)25-21(26)15-11-16(22)17(23)12-20(15)27-2/h3-7,11-13,18-19,24H,8-10,23H2,1-2H3,(H,25,26). The van der Waals surface area contributed by atoms with Crippen molar-refractivity contribution in [1.29, 1.82) is 0 Å². The molecule has 0 radical (unpaired) electrons. The Balaban J connectivity index is 1.83. The molecule has 1 aliphatic rings. The summed E-state index contributed by atoms with van der Waals surface area (Å²) in [5.74, 6) is 0.205. The highest BCUT2D eigenvalue weighted by Gasteiger charge is 2.30. The first-order valence-electron chi connectivity index (χ1n) is 9.21. The second-order valence-corrected chi connectivity index (χ2v) is 7.50. The maximum Gasteiger partial charge on any atom is 0.255 e. The molecular weight excluding hydrogens is 362 g/mol. The van der Waals surface area contributed by atoms with Gasteiger partial charge in [0.05, 0.1) is 23.4 Å². The molecular formula is C21H26ClN3O2. The second kappa shape index (κ2) is 8.63. The van der Waals surface area contributed by atoms with E-state index in [1.165, 1.54) is 12.7 Å². The summed E-state index contributed by atoms with van der Waals surface area (Å²) >= 11 is 6.13. The molecule has 1 amide bonds. The van der Waals surface area contributed by atoms with Gasteiger partial charge in [0.1, 0.15) is 5.75 Å². The van der Waals surface area contributed by atoms with Crippen LogP contribution in [0.2, 0.25) is 5.02 Å². The molecule has 3 atom stereocenters. The fourth-order valence-corrected chi connectivity index (χ4v) is 3.77. The number of hydrogen-bond acceptors (Lipinski definition) is 4. The first-order chi connectivity index (χ1) is 13.0.